The summed E-state index contributed by atoms with van der Waals surface area (Å²) in [7, 11) is 0. The van der Waals surface area contributed by atoms with Gasteiger partial charge in [-0.2, -0.15) is 5.26 Å². The number of nitrogens with zero attached hydrogens (tertiary/aromatic N) is 2. The lowest BCUT2D eigenvalue weighted by molar-refractivity contribution is 1.15. The Morgan fingerprint density at radius 3 is 2.90 bits per heavy atom. The Morgan fingerprint density at radius 2 is 2.19 bits per heavy atom. The first kappa shape index (κ1) is 13.1. The van der Waals surface area contributed by atoms with Crippen molar-refractivity contribution < 1.29 is 0 Å². The van der Waals surface area contributed by atoms with Gasteiger partial charge in [0.05, 0.1) is 11.3 Å². The van der Waals surface area contributed by atoms with Crippen molar-refractivity contribution >= 4 is 22.6 Å². The van der Waals surface area contributed by atoms with Gasteiger partial charge in [0.25, 0.3) is 0 Å². The molecular formula is C18H15N3. The van der Waals surface area contributed by atoms with E-state index < -0.39 is 0 Å². The molecule has 1 N–H and O–H groups in total. The predicted octanol–water partition coefficient (Wildman–Crippen LogP) is 4.19. The summed E-state index contributed by atoms with van der Waals surface area (Å²) in [6, 6.07) is 14.1. The summed E-state index contributed by atoms with van der Waals surface area (Å²) in [5.74, 6) is 0. The number of pyridine rings is 1. The van der Waals surface area contributed by atoms with Gasteiger partial charge in [-0.3, -0.25) is 4.98 Å². The molecule has 1 aromatic carbocycles. The molecular weight excluding hydrogens is 258 g/mol. The second-order valence-corrected chi connectivity index (χ2v) is 4.82. The van der Waals surface area contributed by atoms with Crippen LogP contribution < -0.4 is 0 Å². The molecule has 3 heteroatoms. The molecule has 0 bridgehead atoms. The standard InChI is InChI=1S/C18H15N3/c1-2-13-6-5-7-16-15(12-21-18(13)16)10-14(11-19)17-8-3-4-9-20-17/h3-10,12,21H,2H2,1H3/b14-10+. The van der Waals surface area contributed by atoms with Gasteiger partial charge in [0, 0.05) is 28.9 Å². The second kappa shape index (κ2) is 5.64. The summed E-state index contributed by atoms with van der Waals surface area (Å²) >= 11 is 0. The number of aromatic nitrogens is 2. The highest BCUT2D eigenvalue weighted by molar-refractivity contribution is 5.98. The molecule has 0 spiro atoms. The fourth-order valence-corrected chi connectivity index (χ4v) is 2.49. The van der Waals surface area contributed by atoms with Gasteiger partial charge >= 0.3 is 0 Å². The van der Waals surface area contributed by atoms with E-state index in [-0.39, 0.29) is 0 Å². The third-order valence-corrected chi connectivity index (χ3v) is 3.58. The highest BCUT2D eigenvalue weighted by atomic mass is 14.7. The van der Waals surface area contributed by atoms with Crippen molar-refractivity contribution in [3.05, 3.63) is 65.6 Å². The Bertz CT molecular complexity index is 836. The van der Waals surface area contributed by atoms with E-state index in [1.54, 1.807) is 6.20 Å². The van der Waals surface area contributed by atoms with Crippen LogP contribution in [0.1, 0.15) is 23.7 Å². The van der Waals surface area contributed by atoms with Crippen molar-refractivity contribution in [1.29, 1.82) is 5.26 Å². The largest absolute Gasteiger partial charge is 0.360 e. The zero-order valence-electron chi connectivity index (χ0n) is 11.8. The minimum Gasteiger partial charge on any atom is -0.360 e. The third-order valence-electron chi connectivity index (χ3n) is 3.58. The summed E-state index contributed by atoms with van der Waals surface area (Å²) in [5, 5.41) is 10.5. The SMILES string of the molecule is CCc1cccc2c(/C=C(\C#N)c3ccccn3)c[nH]c12. The van der Waals surface area contributed by atoms with Crippen LogP contribution in [0.25, 0.3) is 22.6 Å². The summed E-state index contributed by atoms with van der Waals surface area (Å²) in [5.41, 5.74) is 4.70. The average Bonchev–Trinajstić information content (AvgIpc) is 2.96. The van der Waals surface area contributed by atoms with Crippen LogP contribution >= 0.6 is 0 Å². The number of hydrogen-bond donors (Lipinski definition) is 1. The van der Waals surface area contributed by atoms with Crippen LogP contribution in [0.5, 0.6) is 0 Å². The molecule has 2 aromatic heterocycles. The number of allylic oxidation sites excluding steroid dienone is 1. The maximum Gasteiger partial charge on any atom is 0.101 e. The fourth-order valence-electron chi connectivity index (χ4n) is 2.49. The number of para-hydroxylation sites is 1. The number of H-pyrrole nitrogens is 1. The molecule has 0 amide bonds. The van der Waals surface area contributed by atoms with Crippen molar-refractivity contribution in [2.24, 2.45) is 0 Å². The van der Waals surface area contributed by atoms with Crippen LogP contribution in [-0.2, 0) is 6.42 Å². The van der Waals surface area contributed by atoms with E-state index in [0.717, 1.165) is 22.9 Å². The van der Waals surface area contributed by atoms with Crippen LogP contribution in [0.4, 0.5) is 0 Å². The number of aromatic amines is 1. The molecule has 102 valence electrons. The van der Waals surface area contributed by atoms with Gasteiger partial charge in [-0.15, -0.1) is 0 Å². The molecule has 0 aliphatic rings. The number of nitriles is 1. The van der Waals surface area contributed by atoms with Crippen LogP contribution in [0, 0.1) is 11.3 Å². The van der Waals surface area contributed by atoms with Gasteiger partial charge in [-0.1, -0.05) is 31.2 Å². The Hall–Kier alpha value is -2.86. The van der Waals surface area contributed by atoms with Crippen molar-refractivity contribution in [2.45, 2.75) is 13.3 Å². The van der Waals surface area contributed by atoms with E-state index in [1.165, 1.54) is 5.56 Å². The topological polar surface area (TPSA) is 52.5 Å². The first-order valence-corrected chi connectivity index (χ1v) is 6.95. The van der Waals surface area contributed by atoms with Crippen molar-refractivity contribution in [2.75, 3.05) is 0 Å². The van der Waals surface area contributed by atoms with Gasteiger partial charge in [-0.05, 0) is 30.2 Å². The maximum atomic E-state index is 9.38. The molecule has 0 fully saturated rings. The van der Waals surface area contributed by atoms with Gasteiger partial charge < -0.3 is 4.98 Å². The zero-order valence-corrected chi connectivity index (χ0v) is 11.8. The fraction of sp³-hybridized carbons (Fsp3) is 0.111. The molecule has 3 aromatic rings. The normalized spacial score (nSPS) is 11.5. The zero-order chi connectivity index (χ0) is 14.7. The van der Waals surface area contributed by atoms with Crippen molar-refractivity contribution in [1.82, 2.24) is 9.97 Å². The number of fused-ring (bicyclic) bond motifs is 1. The Kier molecular flexibility index (Phi) is 3.53. The first-order valence-electron chi connectivity index (χ1n) is 6.95. The van der Waals surface area contributed by atoms with Gasteiger partial charge in [-0.25, -0.2) is 0 Å². The molecule has 0 aliphatic carbocycles. The highest BCUT2D eigenvalue weighted by Gasteiger charge is 2.07. The third kappa shape index (κ3) is 2.44. The lowest BCUT2D eigenvalue weighted by Gasteiger charge is -2.00. The summed E-state index contributed by atoms with van der Waals surface area (Å²) in [6.07, 6.45) is 6.52. The van der Waals surface area contributed by atoms with Gasteiger partial charge in [0.15, 0.2) is 0 Å². The molecule has 2 heterocycles. The molecule has 0 saturated carbocycles. The van der Waals surface area contributed by atoms with Crippen molar-refractivity contribution in [3.8, 4) is 6.07 Å². The van der Waals surface area contributed by atoms with Crippen LogP contribution in [-0.4, -0.2) is 9.97 Å². The number of hydrogen-bond acceptors (Lipinski definition) is 2. The number of benzene rings is 1. The van der Waals surface area contributed by atoms with E-state index in [2.05, 4.69) is 41.2 Å². The minimum absolute atomic E-state index is 0.568. The Labute approximate surface area is 123 Å². The molecule has 0 atom stereocenters. The van der Waals surface area contributed by atoms with Crippen LogP contribution in [0.2, 0.25) is 0 Å². The maximum absolute atomic E-state index is 9.38. The lowest BCUT2D eigenvalue weighted by Crippen LogP contribution is -1.85. The quantitative estimate of drug-likeness (QED) is 0.727. The molecule has 0 unspecified atom stereocenters. The van der Waals surface area contributed by atoms with Crippen LogP contribution in [0.15, 0.2) is 48.8 Å². The number of nitrogens with one attached hydrogen (secondary N) is 1. The van der Waals surface area contributed by atoms with Gasteiger partial charge in [0.2, 0.25) is 0 Å². The molecule has 0 radical (unpaired) electrons. The molecule has 3 rings (SSSR count). The van der Waals surface area contributed by atoms with E-state index in [4.69, 9.17) is 0 Å². The van der Waals surface area contributed by atoms with E-state index in [9.17, 15) is 5.26 Å². The second-order valence-electron chi connectivity index (χ2n) is 4.82. The van der Waals surface area contributed by atoms with Crippen molar-refractivity contribution in [3.63, 3.8) is 0 Å². The highest BCUT2D eigenvalue weighted by Crippen LogP contribution is 2.25. The predicted molar refractivity (Wildman–Crippen MR) is 85.4 cm³/mol. The summed E-state index contributed by atoms with van der Waals surface area (Å²) in [4.78, 5) is 7.56. The van der Waals surface area contributed by atoms with Crippen LogP contribution in [0.3, 0.4) is 0 Å². The monoisotopic (exact) mass is 273 g/mol. The first-order chi connectivity index (χ1) is 10.3. The number of rotatable bonds is 3. The average molecular weight is 273 g/mol. The Balaban J connectivity index is 2.13. The number of aryl methyl sites for hydroxylation is 1. The summed E-state index contributed by atoms with van der Waals surface area (Å²) < 4.78 is 0. The van der Waals surface area contributed by atoms with Gasteiger partial charge in [0.1, 0.15) is 6.07 Å². The van der Waals surface area contributed by atoms with E-state index in [0.29, 0.717) is 11.3 Å². The lowest BCUT2D eigenvalue weighted by atomic mass is 10.0. The Morgan fingerprint density at radius 1 is 1.29 bits per heavy atom. The van der Waals surface area contributed by atoms with E-state index in [1.807, 2.05) is 30.5 Å². The summed E-state index contributed by atoms with van der Waals surface area (Å²) in [6.45, 7) is 2.14. The molecule has 3 nitrogen and oxygen atoms in total. The molecule has 0 aliphatic heterocycles. The molecule has 21 heavy (non-hydrogen) atoms. The van der Waals surface area contributed by atoms with E-state index >= 15 is 0 Å². The molecule has 0 saturated heterocycles. The minimum atomic E-state index is 0.568. The smallest absolute Gasteiger partial charge is 0.101 e.